The van der Waals surface area contributed by atoms with Crippen molar-refractivity contribution in [3.63, 3.8) is 0 Å². The molecule has 1 heterocycles. The second kappa shape index (κ2) is 4.50. The summed E-state index contributed by atoms with van der Waals surface area (Å²) in [7, 11) is 0. The van der Waals surface area contributed by atoms with Crippen LogP contribution < -0.4 is 10.5 Å². The number of aryl methyl sites for hydroxylation is 1. The zero-order chi connectivity index (χ0) is 11.5. The molecule has 1 aromatic rings. The standard InChI is InChI=1S/C12H15N3O/c1-8-2-9(6-13)5-12(15-8)16-11-3-10(4-11)7-14/h2,5,10-11H,3-4,7,14H2,1H3. The van der Waals surface area contributed by atoms with Crippen molar-refractivity contribution in [3.8, 4) is 11.9 Å². The maximum absolute atomic E-state index is 8.82. The summed E-state index contributed by atoms with van der Waals surface area (Å²) < 4.78 is 5.69. The molecular weight excluding hydrogens is 202 g/mol. The van der Waals surface area contributed by atoms with Gasteiger partial charge in [0.2, 0.25) is 5.88 Å². The van der Waals surface area contributed by atoms with Crippen LogP contribution in [0.2, 0.25) is 0 Å². The molecule has 0 unspecified atom stereocenters. The van der Waals surface area contributed by atoms with Gasteiger partial charge in [0, 0.05) is 11.8 Å². The molecule has 0 aromatic carbocycles. The monoisotopic (exact) mass is 217 g/mol. The van der Waals surface area contributed by atoms with Crippen LogP contribution in [0, 0.1) is 24.2 Å². The van der Waals surface area contributed by atoms with Crippen LogP contribution in [-0.2, 0) is 0 Å². The topological polar surface area (TPSA) is 71.9 Å². The minimum atomic E-state index is 0.217. The Hall–Kier alpha value is -1.60. The van der Waals surface area contributed by atoms with E-state index in [-0.39, 0.29) is 6.10 Å². The normalized spacial score (nSPS) is 23.3. The Labute approximate surface area is 95.0 Å². The second-order valence-corrected chi connectivity index (χ2v) is 4.26. The quantitative estimate of drug-likeness (QED) is 0.830. The van der Waals surface area contributed by atoms with E-state index >= 15 is 0 Å². The predicted molar refractivity (Wildman–Crippen MR) is 59.9 cm³/mol. The van der Waals surface area contributed by atoms with Crippen molar-refractivity contribution in [1.82, 2.24) is 4.98 Å². The first-order valence-electron chi connectivity index (χ1n) is 5.46. The van der Waals surface area contributed by atoms with Crippen LogP contribution in [0.1, 0.15) is 24.1 Å². The molecule has 2 N–H and O–H groups in total. The molecule has 16 heavy (non-hydrogen) atoms. The number of nitrogens with zero attached hydrogens (tertiary/aromatic N) is 2. The zero-order valence-electron chi connectivity index (χ0n) is 9.31. The molecule has 0 saturated heterocycles. The van der Waals surface area contributed by atoms with Crippen LogP contribution in [0.3, 0.4) is 0 Å². The lowest BCUT2D eigenvalue weighted by molar-refractivity contribution is 0.0647. The SMILES string of the molecule is Cc1cc(C#N)cc(OC2CC(CN)C2)n1. The lowest BCUT2D eigenvalue weighted by Crippen LogP contribution is -2.37. The third-order valence-corrected chi connectivity index (χ3v) is 2.87. The Kier molecular flexibility index (Phi) is 3.07. The summed E-state index contributed by atoms with van der Waals surface area (Å²) in [6.45, 7) is 2.59. The summed E-state index contributed by atoms with van der Waals surface area (Å²) in [6, 6.07) is 5.53. The first kappa shape index (κ1) is 10.9. The smallest absolute Gasteiger partial charge is 0.215 e. The number of nitriles is 1. The third kappa shape index (κ3) is 2.31. The Morgan fingerprint density at radius 3 is 2.94 bits per heavy atom. The lowest BCUT2D eigenvalue weighted by atomic mass is 9.82. The van der Waals surface area contributed by atoms with Gasteiger partial charge in [0.1, 0.15) is 6.10 Å². The molecule has 4 heteroatoms. The molecule has 0 spiro atoms. The van der Waals surface area contributed by atoms with Crippen LogP contribution in [0.15, 0.2) is 12.1 Å². The summed E-state index contributed by atoms with van der Waals surface area (Å²) in [5.74, 6) is 1.14. The number of aromatic nitrogens is 1. The van der Waals surface area contributed by atoms with Gasteiger partial charge in [-0.3, -0.25) is 0 Å². The first-order valence-corrected chi connectivity index (χ1v) is 5.46. The fourth-order valence-corrected chi connectivity index (χ4v) is 1.90. The summed E-state index contributed by atoms with van der Waals surface area (Å²) in [5.41, 5.74) is 6.95. The number of hydrogen-bond acceptors (Lipinski definition) is 4. The summed E-state index contributed by atoms with van der Waals surface area (Å²) in [5, 5.41) is 8.82. The summed E-state index contributed by atoms with van der Waals surface area (Å²) in [4.78, 5) is 4.25. The van der Waals surface area contributed by atoms with Gasteiger partial charge in [-0.25, -0.2) is 4.98 Å². The fraction of sp³-hybridized carbons (Fsp3) is 0.500. The average molecular weight is 217 g/mol. The van der Waals surface area contributed by atoms with Crippen LogP contribution >= 0.6 is 0 Å². The van der Waals surface area contributed by atoms with Crippen molar-refractivity contribution in [3.05, 3.63) is 23.4 Å². The van der Waals surface area contributed by atoms with Gasteiger partial charge in [-0.05, 0) is 38.3 Å². The first-order chi connectivity index (χ1) is 7.71. The van der Waals surface area contributed by atoms with E-state index < -0.39 is 0 Å². The molecule has 1 aromatic heterocycles. The van der Waals surface area contributed by atoms with Gasteiger partial charge in [0.05, 0.1) is 11.6 Å². The molecule has 1 saturated carbocycles. The highest BCUT2D eigenvalue weighted by atomic mass is 16.5. The number of ether oxygens (including phenoxy) is 1. The number of pyridine rings is 1. The van der Waals surface area contributed by atoms with Gasteiger partial charge in [-0.2, -0.15) is 5.26 Å². The van der Waals surface area contributed by atoms with Crippen LogP contribution in [0.25, 0.3) is 0 Å². The Bertz CT molecular complexity index is 419. The minimum absolute atomic E-state index is 0.217. The summed E-state index contributed by atoms with van der Waals surface area (Å²) in [6.07, 6.45) is 2.21. The number of hydrogen-bond donors (Lipinski definition) is 1. The molecule has 1 fully saturated rings. The molecule has 1 aliphatic rings. The molecule has 0 bridgehead atoms. The van der Waals surface area contributed by atoms with Crippen molar-refractivity contribution >= 4 is 0 Å². The Morgan fingerprint density at radius 1 is 1.56 bits per heavy atom. The van der Waals surface area contributed by atoms with E-state index in [1.54, 1.807) is 12.1 Å². The largest absolute Gasteiger partial charge is 0.474 e. The van der Waals surface area contributed by atoms with E-state index in [2.05, 4.69) is 11.1 Å². The van der Waals surface area contributed by atoms with E-state index in [9.17, 15) is 0 Å². The van der Waals surface area contributed by atoms with Gasteiger partial charge in [-0.15, -0.1) is 0 Å². The maximum Gasteiger partial charge on any atom is 0.215 e. The van der Waals surface area contributed by atoms with Crippen molar-refractivity contribution < 1.29 is 4.74 Å². The molecule has 84 valence electrons. The molecule has 0 atom stereocenters. The number of rotatable bonds is 3. The molecular formula is C12H15N3O. The number of nitrogens with two attached hydrogens (primary N) is 1. The van der Waals surface area contributed by atoms with Gasteiger partial charge in [-0.1, -0.05) is 0 Å². The Morgan fingerprint density at radius 2 is 2.31 bits per heavy atom. The van der Waals surface area contributed by atoms with E-state index in [0.717, 1.165) is 25.1 Å². The molecule has 4 nitrogen and oxygen atoms in total. The third-order valence-electron chi connectivity index (χ3n) is 2.87. The van der Waals surface area contributed by atoms with E-state index in [1.165, 1.54) is 0 Å². The van der Waals surface area contributed by atoms with Crippen LogP contribution in [-0.4, -0.2) is 17.6 Å². The minimum Gasteiger partial charge on any atom is -0.474 e. The lowest BCUT2D eigenvalue weighted by Gasteiger charge is -2.34. The zero-order valence-corrected chi connectivity index (χ0v) is 9.31. The van der Waals surface area contributed by atoms with Crippen molar-refractivity contribution in [1.29, 1.82) is 5.26 Å². The molecule has 0 amide bonds. The summed E-state index contributed by atoms with van der Waals surface area (Å²) >= 11 is 0. The average Bonchev–Trinajstić information content (AvgIpc) is 2.22. The fourth-order valence-electron chi connectivity index (χ4n) is 1.90. The highest BCUT2D eigenvalue weighted by Gasteiger charge is 2.29. The van der Waals surface area contributed by atoms with Gasteiger partial charge in [0.15, 0.2) is 0 Å². The predicted octanol–water partition coefficient (Wildman–Crippen LogP) is 1.38. The van der Waals surface area contributed by atoms with Gasteiger partial charge < -0.3 is 10.5 Å². The Balaban J connectivity index is 2.00. The molecule has 1 aliphatic carbocycles. The van der Waals surface area contributed by atoms with Gasteiger partial charge >= 0.3 is 0 Å². The maximum atomic E-state index is 8.82. The second-order valence-electron chi connectivity index (χ2n) is 4.26. The highest BCUT2D eigenvalue weighted by molar-refractivity contribution is 5.34. The molecule has 2 rings (SSSR count). The van der Waals surface area contributed by atoms with E-state index in [0.29, 0.717) is 17.4 Å². The van der Waals surface area contributed by atoms with Crippen molar-refractivity contribution in [2.45, 2.75) is 25.9 Å². The van der Waals surface area contributed by atoms with Gasteiger partial charge in [0.25, 0.3) is 0 Å². The van der Waals surface area contributed by atoms with Crippen molar-refractivity contribution in [2.75, 3.05) is 6.54 Å². The highest BCUT2D eigenvalue weighted by Crippen LogP contribution is 2.30. The van der Waals surface area contributed by atoms with Crippen LogP contribution in [0.4, 0.5) is 0 Å². The molecule has 0 radical (unpaired) electrons. The molecule has 0 aliphatic heterocycles. The van der Waals surface area contributed by atoms with E-state index in [1.807, 2.05) is 6.92 Å². The van der Waals surface area contributed by atoms with Crippen molar-refractivity contribution in [2.24, 2.45) is 11.7 Å². The van der Waals surface area contributed by atoms with Crippen LogP contribution in [0.5, 0.6) is 5.88 Å². The van der Waals surface area contributed by atoms with E-state index in [4.69, 9.17) is 15.7 Å².